The van der Waals surface area contributed by atoms with Gasteiger partial charge in [0.05, 0.1) is 11.3 Å². The fraction of sp³-hybridized carbons (Fsp3) is 0.529. The number of rotatable bonds is 4. The van der Waals surface area contributed by atoms with E-state index >= 15 is 0 Å². The van der Waals surface area contributed by atoms with Crippen LogP contribution < -0.4 is 0 Å². The standard InChI is InChI=1S/C17H21N5OS/c1-13(24-16-20-19-14-8-4-7-11-22(14)16)15(23)21(2)17(12-18)9-5-3-6-10-17/h4,7-8,11,13H,3,5-6,9-10H2,1-2H3/t13-/m0/s1. The Hall–Kier alpha value is -2.07. The fourth-order valence-electron chi connectivity index (χ4n) is 3.25. The van der Waals surface area contributed by atoms with Crippen molar-refractivity contribution in [2.24, 2.45) is 0 Å². The van der Waals surface area contributed by atoms with Gasteiger partial charge >= 0.3 is 0 Å². The highest BCUT2D eigenvalue weighted by Crippen LogP contribution is 2.34. The second kappa shape index (κ2) is 6.81. The minimum absolute atomic E-state index is 0.0314. The Balaban J connectivity index is 1.75. The molecular formula is C17H21N5OS. The normalized spacial score (nSPS) is 18.0. The van der Waals surface area contributed by atoms with Crippen LogP contribution in [-0.2, 0) is 4.79 Å². The van der Waals surface area contributed by atoms with Crippen molar-refractivity contribution in [2.45, 2.75) is 55.0 Å². The number of nitrogens with zero attached hydrogens (tertiary/aromatic N) is 5. The quantitative estimate of drug-likeness (QED) is 0.798. The summed E-state index contributed by atoms with van der Waals surface area (Å²) in [4.78, 5) is 14.5. The maximum absolute atomic E-state index is 12.9. The van der Waals surface area contributed by atoms with Gasteiger partial charge in [-0.25, -0.2) is 0 Å². The number of pyridine rings is 1. The molecule has 1 saturated carbocycles. The lowest BCUT2D eigenvalue weighted by Gasteiger charge is -2.40. The summed E-state index contributed by atoms with van der Waals surface area (Å²) in [5.41, 5.74) is 0.102. The summed E-state index contributed by atoms with van der Waals surface area (Å²) in [6.45, 7) is 1.86. The van der Waals surface area contributed by atoms with Gasteiger partial charge in [0.1, 0.15) is 5.54 Å². The molecule has 0 radical (unpaired) electrons. The Morgan fingerprint density at radius 3 is 2.83 bits per heavy atom. The van der Waals surface area contributed by atoms with E-state index in [1.165, 1.54) is 11.8 Å². The number of carbonyl (C=O) groups excluding carboxylic acids is 1. The molecule has 0 saturated heterocycles. The van der Waals surface area contributed by atoms with Crippen molar-refractivity contribution in [1.29, 1.82) is 5.26 Å². The third kappa shape index (κ3) is 2.98. The number of aromatic nitrogens is 3. The Morgan fingerprint density at radius 1 is 1.38 bits per heavy atom. The molecule has 2 aromatic heterocycles. The highest BCUT2D eigenvalue weighted by molar-refractivity contribution is 8.00. The van der Waals surface area contributed by atoms with Crippen molar-refractivity contribution in [1.82, 2.24) is 19.5 Å². The molecule has 1 amide bonds. The number of fused-ring (bicyclic) bond motifs is 1. The van der Waals surface area contributed by atoms with Crippen LogP contribution in [0.15, 0.2) is 29.6 Å². The van der Waals surface area contributed by atoms with E-state index in [2.05, 4.69) is 16.3 Å². The zero-order valence-corrected chi connectivity index (χ0v) is 14.8. The van der Waals surface area contributed by atoms with E-state index in [0.29, 0.717) is 5.16 Å². The van der Waals surface area contributed by atoms with Gasteiger partial charge in [-0.1, -0.05) is 37.1 Å². The third-order valence-corrected chi connectivity index (χ3v) is 5.82. The van der Waals surface area contributed by atoms with Crippen molar-refractivity contribution >= 4 is 23.3 Å². The highest BCUT2D eigenvalue weighted by Gasteiger charge is 2.40. The van der Waals surface area contributed by atoms with Gasteiger partial charge in [0.25, 0.3) is 0 Å². The van der Waals surface area contributed by atoms with Gasteiger partial charge in [-0.2, -0.15) is 5.26 Å². The van der Waals surface area contributed by atoms with Crippen molar-refractivity contribution in [3.8, 4) is 6.07 Å². The molecule has 0 unspecified atom stereocenters. The van der Waals surface area contributed by atoms with Crippen LogP contribution in [0.4, 0.5) is 0 Å². The van der Waals surface area contributed by atoms with E-state index in [-0.39, 0.29) is 11.2 Å². The lowest BCUT2D eigenvalue weighted by molar-refractivity contribution is -0.133. The molecule has 7 heteroatoms. The lowest BCUT2D eigenvalue weighted by Crippen LogP contribution is -2.52. The average Bonchev–Trinajstić information content (AvgIpc) is 3.04. The molecule has 1 aliphatic rings. The van der Waals surface area contributed by atoms with Gasteiger partial charge in [0.2, 0.25) is 5.91 Å². The van der Waals surface area contributed by atoms with E-state index in [0.717, 1.165) is 37.8 Å². The van der Waals surface area contributed by atoms with Crippen LogP contribution in [0.5, 0.6) is 0 Å². The monoisotopic (exact) mass is 343 g/mol. The largest absolute Gasteiger partial charge is 0.326 e. The zero-order valence-electron chi connectivity index (χ0n) is 14.0. The molecular weight excluding hydrogens is 322 g/mol. The van der Waals surface area contributed by atoms with Crippen LogP contribution in [0.25, 0.3) is 5.65 Å². The molecule has 2 aromatic rings. The molecule has 1 fully saturated rings. The molecule has 0 aromatic carbocycles. The molecule has 0 N–H and O–H groups in total. The second-order valence-corrected chi connectivity index (χ2v) is 7.58. The number of thioether (sulfide) groups is 1. The third-order valence-electron chi connectivity index (χ3n) is 4.77. The molecule has 6 nitrogen and oxygen atoms in total. The number of nitriles is 1. The molecule has 3 rings (SSSR count). The van der Waals surface area contributed by atoms with Crippen molar-refractivity contribution in [3.05, 3.63) is 24.4 Å². The molecule has 0 aliphatic heterocycles. The van der Waals surface area contributed by atoms with E-state index in [9.17, 15) is 10.1 Å². The van der Waals surface area contributed by atoms with Crippen LogP contribution in [0.3, 0.4) is 0 Å². The first-order valence-electron chi connectivity index (χ1n) is 8.23. The molecule has 0 spiro atoms. The minimum atomic E-state index is -0.656. The SMILES string of the molecule is C[C@H](Sc1nnc2ccccn12)C(=O)N(C)C1(C#N)CCCCC1. The summed E-state index contributed by atoms with van der Waals surface area (Å²) in [7, 11) is 1.76. The van der Waals surface area contributed by atoms with Crippen molar-refractivity contribution in [3.63, 3.8) is 0 Å². The predicted molar refractivity (Wildman–Crippen MR) is 92.5 cm³/mol. The van der Waals surface area contributed by atoms with Gasteiger partial charge in [0.15, 0.2) is 10.8 Å². The van der Waals surface area contributed by atoms with Gasteiger partial charge in [-0.3, -0.25) is 9.20 Å². The summed E-state index contributed by atoms with van der Waals surface area (Å²) in [5, 5.41) is 18.3. The maximum atomic E-state index is 12.9. The van der Waals surface area contributed by atoms with Crippen molar-refractivity contribution in [2.75, 3.05) is 7.05 Å². The van der Waals surface area contributed by atoms with Gasteiger partial charge in [-0.05, 0) is 31.9 Å². The molecule has 1 aliphatic carbocycles. The van der Waals surface area contributed by atoms with Crippen LogP contribution in [0.2, 0.25) is 0 Å². The Kier molecular flexibility index (Phi) is 4.76. The summed E-state index contributed by atoms with van der Waals surface area (Å²) < 4.78 is 1.87. The summed E-state index contributed by atoms with van der Waals surface area (Å²) in [6.07, 6.45) is 6.55. The molecule has 1 atom stereocenters. The number of hydrogen-bond donors (Lipinski definition) is 0. The van der Waals surface area contributed by atoms with E-state index < -0.39 is 5.54 Å². The van der Waals surface area contributed by atoms with E-state index in [1.54, 1.807) is 11.9 Å². The first kappa shape index (κ1) is 16.8. The highest BCUT2D eigenvalue weighted by atomic mass is 32.2. The lowest BCUT2D eigenvalue weighted by atomic mass is 9.81. The van der Waals surface area contributed by atoms with E-state index in [1.807, 2.05) is 35.7 Å². The smallest absolute Gasteiger partial charge is 0.236 e. The summed E-state index contributed by atoms with van der Waals surface area (Å²) in [5.74, 6) is -0.0314. The molecule has 24 heavy (non-hydrogen) atoms. The first-order chi connectivity index (χ1) is 11.6. The summed E-state index contributed by atoms with van der Waals surface area (Å²) in [6, 6.07) is 8.09. The average molecular weight is 343 g/mol. The molecule has 0 bridgehead atoms. The fourth-order valence-corrected chi connectivity index (χ4v) is 4.18. The van der Waals surface area contributed by atoms with Crippen LogP contribution in [-0.4, -0.2) is 43.2 Å². The van der Waals surface area contributed by atoms with Gasteiger partial charge in [0, 0.05) is 13.2 Å². The number of hydrogen-bond acceptors (Lipinski definition) is 5. The Morgan fingerprint density at radius 2 is 2.12 bits per heavy atom. The molecule has 126 valence electrons. The van der Waals surface area contributed by atoms with Crippen LogP contribution in [0.1, 0.15) is 39.0 Å². The first-order valence-corrected chi connectivity index (χ1v) is 9.11. The predicted octanol–water partition coefficient (Wildman–Crippen LogP) is 2.89. The second-order valence-electron chi connectivity index (χ2n) is 6.27. The molecule has 2 heterocycles. The van der Waals surface area contributed by atoms with E-state index in [4.69, 9.17) is 0 Å². The zero-order chi connectivity index (χ0) is 17.2. The van der Waals surface area contributed by atoms with Crippen LogP contribution in [0, 0.1) is 11.3 Å². The topological polar surface area (TPSA) is 74.3 Å². The van der Waals surface area contributed by atoms with Gasteiger partial charge < -0.3 is 4.90 Å². The van der Waals surface area contributed by atoms with Gasteiger partial charge in [-0.15, -0.1) is 10.2 Å². The minimum Gasteiger partial charge on any atom is -0.326 e. The summed E-state index contributed by atoms with van der Waals surface area (Å²) >= 11 is 1.38. The Labute approximate surface area is 145 Å². The maximum Gasteiger partial charge on any atom is 0.236 e. The van der Waals surface area contributed by atoms with Crippen molar-refractivity contribution < 1.29 is 4.79 Å². The number of carbonyl (C=O) groups is 1. The van der Waals surface area contributed by atoms with Crippen LogP contribution >= 0.6 is 11.8 Å². The Bertz CT molecular complexity index is 775. The number of amides is 1.